The zero-order valence-electron chi connectivity index (χ0n) is 11.9. The van der Waals surface area contributed by atoms with E-state index in [1.165, 1.54) is 0 Å². The summed E-state index contributed by atoms with van der Waals surface area (Å²) in [6, 6.07) is 6.07. The van der Waals surface area contributed by atoms with Gasteiger partial charge in [-0.3, -0.25) is 0 Å². The minimum atomic E-state index is -1.03. The maximum absolute atomic E-state index is 11.3. The van der Waals surface area contributed by atoms with Crippen LogP contribution < -0.4 is 0 Å². The van der Waals surface area contributed by atoms with Crippen molar-refractivity contribution in [3.63, 3.8) is 0 Å². The van der Waals surface area contributed by atoms with Crippen LogP contribution in [0.1, 0.15) is 47.1 Å². The molecule has 0 amide bonds. The maximum Gasteiger partial charge on any atom is 0.357 e. The molecule has 4 nitrogen and oxygen atoms in total. The molecule has 0 unspecified atom stereocenters. The fourth-order valence-electron chi connectivity index (χ4n) is 2.18. The highest BCUT2D eigenvalue weighted by atomic mass is 79.9. The first-order valence-electron chi connectivity index (χ1n) is 6.42. The van der Waals surface area contributed by atoms with Crippen molar-refractivity contribution in [1.29, 1.82) is 0 Å². The van der Waals surface area contributed by atoms with Gasteiger partial charge in [0.25, 0.3) is 0 Å². The second kappa shape index (κ2) is 5.40. The van der Waals surface area contributed by atoms with Gasteiger partial charge in [-0.2, -0.15) is 5.10 Å². The number of rotatable bonds is 3. The Morgan fingerprint density at radius 2 is 2.00 bits per heavy atom. The van der Waals surface area contributed by atoms with Crippen LogP contribution in [0.15, 0.2) is 22.7 Å². The summed E-state index contributed by atoms with van der Waals surface area (Å²) in [4.78, 5) is 11.3. The Labute approximate surface area is 126 Å². The molecule has 0 atom stereocenters. The van der Waals surface area contributed by atoms with Crippen molar-refractivity contribution < 1.29 is 9.90 Å². The normalized spacial score (nSPS) is 11.1. The molecule has 0 bridgehead atoms. The highest BCUT2D eigenvalue weighted by Gasteiger charge is 2.24. The average molecular weight is 337 g/mol. The van der Waals surface area contributed by atoms with Crippen molar-refractivity contribution in [3.8, 4) is 5.69 Å². The number of hydrogen-bond acceptors (Lipinski definition) is 2. The lowest BCUT2D eigenvalue weighted by Crippen LogP contribution is -2.07. The molecular formula is C15H17BrN2O2. The number of carboxylic acid groups (broad SMARTS) is 1. The Hall–Kier alpha value is -1.62. The van der Waals surface area contributed by atoms with E-state index in [0.717, 1.165) is 22.5 Å². The second-order valence-corrected chi connectivity index (χ2v) is 6.00. The predicted molar refractivity (Wildman–Crippen MR) is 81.8 cm³/mol. The average Bonchev–Trinajstić information content (AvgIpc) is 2.70. The van der Waals surface area contributed by atoms with Crippen LogP contribution in [0.2, 0.25) is 0 Å². The fraction of sp³-hybridized carbons (Fsp3) is 0.333. The number of carboxylic acids is 1. The quantitative estimate of drug-likeness (QED) is 0.918. The minimum Gasteiger partial charge on any atom is -0.476 e. The summed E-state index contributed by atoms with van der Waals surface area (Å²) in [6.45, 7) is 8.05. The van der Waals surface area contributed by atoms with Gasteiger partial charge in [0.2, 0.25) is 0 Å². The van der Waals surface area contributed by atoms with Crippen LogP contribution in [0.5, 0.6) is 0 Å². The van der Waals surface area contributed by atoms with Crippen molar-refractivity contribution in [2.75, 3.05) is 0 Å². The smallest absolute Gasteiger partial charge is 0.357 e. The first-order valence-corrected chi connectivity index (χ1v) is 7.21. The molecule has 1 aromatic carbocycles. The Morgan fingerprint density at radius 1 is 1.35 bits per heavy atom. The van der Waals surface area contributed by atoms with E-state index in [1.807, 2.05) is 45.9 Å². The largest absolute Gasteiger partial charge is 0.476 e. The third-order valence-electron chi connectivity index (χ3n) is 3.20. The lowest BCUT2D eigenvalue weighted by Gasteiger charge is -2.13. The number of hydrogen-bond donors (Lipinski definition) is 1. The van der Waals surface area contributed by atoms with Crippen molar-refractivity contribution in [1.82, 2.24) is 9.78 Å². The lowest BCUT2D eigenvalue weighted by molar-refractivity contribution is 0.0689. The minimum absolute atomic E-state index is 0.0506. The highest BCUT2D eigenvalue weighted by molar-refractivity contribution is 9.10. The molecule has 1 aromatic heterocycles. The van der Waals surface area contributed by atoms with Crippen LogP contribution >= 0.6 is 15.9 Å². The maximum atomic E-state index is 11.3. The van der Waals surface area contributed by atoms with Gasteiger partial charge in [0, 0.05) is 0 Å². The number of aryl methyl sites for hydroxylation is 2. The zero-order chi connectivity index (χ0) is 15.0. The van der Waals surface area contributed by atoms with Crippen LogP contribution in [0, 0.1) is 13.8 Å². The van der Waals surface area contributed by atoms with Gasteiger partial charge in [-0.05, 0) is 52.9 Å². The molecule has 1 N–H and O–H groups in total. The second-order valence-electron chi connectivity index (χ2n) is 5.21. The molecule has 2 aromatic rings. The Kier molecular flexibility index (Phi) is 3.99. The topological polar surface area (TPSA) is 55.1 Å². The molecule has 0 spiro atoms. The van der Waals surface area contributed by atoms with E-state index in [2.05, 4.69) is 21.0 Å². The van der Waals surface area contributed by atoms with Crippen LogP contribution in [0.3, 0.4) is 0 Å². The molecule has 0 saturated heterocycles. The molecule has 0 aliphatic rings. The number of carbonyl (C=O) groups is 1. The molecule has 0 aliphatic heterocycles. The number of aromatic nitrogens is 2. The third-order valence-corrected chi connectivity index (χ3v) is 3.99. The van der Waals surface area contributed by atoms with Gasteiger partial charge in [-0.1, -0.05) is 26.0 Å². The molecule has 106 valence electrons. The number of benzene rings is 1. The Balaban J connectivity index is 2.76. The molecule has 5 heteroatoms. The van der Waals surface area contributed by atoms with Crippen LogP contribution in [0.4, 0.5) is 0 Å². The van der Waals surface area contributed by atoms with E-state index < -0.39 is 5.97 Å². The van der Waals surface area contributed by atoms with Crippen LogP contribution in [-0.4, -0.2) is 20.9 Å². The first-order chi connectivity index (χ1) is 9.32. The monoisotopic (exact) mass is 336 g/mol. The van der Waals surface area contributed by atoms with Crippen LogP contribution in [0.25, 0.3) is 5.69 Å². The number of halogens is 1. The molecule has 0 saturated carbocycles. The Morgan fingerprint density at radius 3 is 2.55 bits per heavy atom. The van der Waals surface area contributed by atoms with E-state index in [9.17, 15) is 9.90 Å². The summed E-state index contributed by atoms with van der Waals surface area (Å²) < 4.78 is 2.29. The van der Waals surface area contributed by atoms with E-state index in [1.54, 1.807) is 4.68 Å². The fourth-order valence-corrected chi connectivity index (χ4v) is 3.05. The van der Waals surface area contributed by atoms with Crippen molar-refractivity contribution in [2.45, 2.75) is 33.6 Å². The lowest BCUT2D eigenvalue weighted by atomic mass is 10.1. The van der Waals surface area contributed by atoms with Crippen molar-refractivity contribution in [2.24, 2.45) is 0 Å². The molecule has 1 heterocycles. The summed E-state index contributed by atoms with van der Waals surface area (Å²) in [7, 11) is 0. The standard InChI is InChI=1S/C15H17BrN2O2/c1-8(2)14-12(16)13(15(19)20)17-18(14)11-7-9(3)5-6-10(11)4/h5-8H,1-4H3,(H,19,20). The highest BCUT2D eigenvalue weighted by Crippen LogP contribution is 2.31. The van der Waals surface area contributed by atoms with Gasteiger partial charge in [-0.25, -0.2) is 9.48 Å². The molecule has 0 radical (unpaired) electrons. The molecule has 0 fully saturated rings. The van der Waals surface area contributed by atoms with Gasteiger partial charge in [0.15, 0.2) is 5.69 Å². The SMILES string of the molecule is Cc1ccc(C)c(-n2nc(C(=O)O)c(Br)c2C(C)C)c1. The molecular weight excluding hydrogens is 320 g/mol. The van der Waals surface area contributed by atoms with Gasteiger partial charge in [0.05, 0.1) is 15.9 Å². The van der Waals surface area contributed by atoms with Gasteiger partial charge in [-0.15, -0.1) is 0 Å². The first kappa shape index (κ1) is 14.8. The zero-order valence-corrected chi connectivity index (χ0v) is 13.5. The van der Waals surface area contributed by atoms with E-state index >= 15 is 0 Å². The van der Waals surface area contributed by atoms with Crippen LogP contribution in [-0.2, 0) is 0 Å². The summed E-state index contributed by atoms with van der Waals surface area (Å²) in [5, 5.41) is 13.5. The summed E-state index contributed by atoms with van der Waals surface area (Å²) in [5.41, 5.74) is 4.01. The van der Waals surface area contributed by atoms with E-state index in [0.29, 0.717) is 4.47 Å². The van der Waals surface area contributed by atoms with Gasteiger partial charge >= 0.3 is 5.97 Å². The molecule has 20 heavy (non-hydrogen) atoms. The summed E-state index contributed by atoms with van der Waals surface area (Å²) >= 11 is 3.38. The number of nitrogens with zero attached hydrogens (tertiary/aromatic N) is 2. The summed E-state index contributed by atoms with van der Waals surface area (Å²) in [5.74, 6) is -0.868. The van der Waals surface area contributed by atoms with Crippen molar-refractivity contribution >= 4 is 21.9 Å². The molecule has 0 aliphatic carbocycles. The van der Waals surface area contributed by atoms with Gasteiger partial charge in [0.1, 0.15) is 0 Å². The molecule has 2 rings (SSSR count). The Bertz CT molecular complexity index is 675. The van der Waals surface area contributed by atoms with Gasteiger partial charge < -0.3 is 5.11 Å². The third kappa shape index (κ3) is 2.50. The summed E-state index contributed by atoms with van der Waals surface area (Å²) in [6.07, 6.45) is 0. The van der Waals surface area contributed by atoms with Crippen molar-refractivity contribution in [3.05, 3.63) is 45.2 Å². The number of aromatic carboxylic acids is 1. The predicted octanol–water partition coefficient (Wildman–Crippen LogP) is 4.07. The van der Waals surface area contributed by atoms with E-state index in [-0.39, 0.29) is 11.6 Å². The van der Waals surface area contributed by atoms with E-state index in [4.69, 9.17) is 0 Å².